The highest BCUT2D eigenvalue weighted by atomic mass is 35.5. The molecule has 1 nitrogen and oxygen atoms in total. The Hall–Kier alpha value is -1.31. The normalized spacial score (nSPS) is 22.1. The predicted molar refractivity (Wildman–Crippen MR) is 80.6 cm³/mol. The summed E-state index contributed by atoms with van der Waals surface area (Å²) in [6, 6.07) is 15.1. The Bertz CT molecular complexity index is 606. The molecule has 2 aromatic carbocycles. The fourth-order valence-electron chi connectivity index (χ4n) is 3.05. The van der Waals surface area contributed by atoms with Crippen LogP contribution in [0.5, 0.6) is 0 Å². The summed E-state index contributed by atoms with van der Waals surface area (Å²) in [6.45, 7) is 2.06. The van der Waals surface area contributed by atoms with Crippen molar-refractivity contribution in [1.29, 1.82) is 0 Å². The second-order valence-corrected chi connectivity index (χ2v) is 5.78. The van der Waals surface area contributed by atoms with Crippen molar-refractivity contribution in [3.05, 3.63) is 69.7 Å². The highest BCUT2D eigenvalue weighted by molar-refractivity contribution is 6.31. The zero-order chi connectivity index (χ0) is 13.4. The Balaban J connectivity index is 2.07. The molecule has 98 valence electrons. The molecule has 0 fully saturated rings. The summed E-state index contributed by atoms with van der Waals surface area (Å²) in [5.41, 5.74) is 11.4. The summed E-state index contributed by atoms with van der Waals surface area (Å²) in [5, 5.41) is 0.838. The van der Waals surface area contributed by atoms with Gasteiger partial charge in [0.25, 0.3) is 0 Å². The van der Waals surface area contributed by atoms with Gasteiger partial charge in [0.2, 0.25) is 0 Å². The molecule has 0 aromatic heterocycles. The topological polar surface area (TPSA) is 26.0 Å². The molecule has 1 aliphatic carbocycles. The van der Waals surface area contributed by atoms with E-state index in [0.717, 1.165) is 23.4 Å². The molecule has 0 amide bonds. The Morgan fingerprint density at radius 2 is 1.79 bits per heavy atom. The number of nitrogens with two attached hydrogens (primary N) is 1. The summed E-state index contributed by atoms with van der Waals surface area (Å²) >= 11 is 6.12. The van der Waals surface area contributed by atoms with E-state index in [1.54, 1.807) is 0 Å². The molecule has 0 saturated carbocycles. The molecule has 0 heterocycles. The number of fused-ring (bicyclic) bond motifs is 1. The van der Waals surface area contributed by atoms with E-state index in [1.165, 1.54) is 16.7 Å². The van der Waals surface area contributed by atoms with E-state index in [0.29, 0.717) is 5.92 Å². The quantitative estimate of drug-likeness (QED) is 0.808. The molecular formula is C17H18ClN. The van der Waals surface area contributed by atoms with E-state index in [1.807, 2.05) is 6.07 Å². The molecule has 0 unspecified atom stereocenters. The van der Waals surface area contributed by atoms with E-state index in [2.05, 4.69) is 43.3 Å². The first-order chi connectivity index (χ1) is 9.16. The number of rotatable bonds is 1. The van der Waals surface area contributed by atoms with Crippen LogP contribution in [0.3, 0.4) is 0 Å². The molecule has 3 rings (SSSR count). The third-order valence-corrected chi connectivity index (χ3v) is 4.55. The van der Waals surface area contributed by atoms with Crippen LogP contribution in [0.4, 0.5) is 0 Å². The zero-order valence-electron chi connectivity index (χ0n) is 11.1. The fourth-order valence-corrected chi connectivity index (χ4v) is 3.17. The van der Waals surface area contributed by atoms with Gasteiger partial charge in [-0.3, -0.25) is 0 Å². The molecule has 2 N–H and O–H groups in total. The molecule has 0 radical (unpaired) electrons. The van der Waals surface area contributed by atoms with Gasteiger partial charge in [0.1, 0.15) is 0 Å². The molecule has 19 heavy (non-hydrogen) atoms. The van der Waals surface area contributed by atoms with E-state index < -0.39 is 0 Å². The summed E-state index contributed by atoms with van der Waals surface area (Å²) in [4.78, 5) is 0. The van der Waals surface area contributed by atoms with Crippen molar-refractivity contribution in [3.63, 3.8) is 0 Å². The maximum Gasteiger partial charge on any atom is 0.0435 e. The van der Waals surface area contributed by atoms with Gasteiger partial charge in [-0.15, -0.1) is 0 Å². The second kappa shape index (κ2) is 4.99. The second-order valence-electron chi connectivity index (χ2n) is 5.37. The van der Waals surface area contributed by atoms with Gasteiger partial charge in [0.15, 0.2) is 0 Å². The van der Waals surface area contributed by atoms with Crippen LogP contribution in [0.1, 0.15) is 47.1 Å². The van der Waals surface area contributed by atoms with Crippen molar-refractivity contribution in [3.8, 4) is 0 Å². The molecule has 0 spiro atoms. The smallest absolute Gasteiger partial charge is 0.0435 e. The molecule has 2 aromatic rings. The maximum absolute atomic E-state index is 6.22. The molecule has 1 aliphatic rings. The Labute approximate surface area is 119 Å². The average molecular weight is 272 g/mol. The van der Waals surface area contributed by atoms with Crippen molar-refractivity contribution in [2.45, 2.75) is 31.7 Å². The van der Waals surface area contributed by atoms with Crippen molar-refractivity contribution in [2.75, 3.05) is 0 Å². The van der Waals surface area contributed by atoms with Crippen LogP contribution in [-0.4, -0.2) is 0 Å². The number of hydrogen-bond donors (Lipinski definition) is 1. The third kappa shape index (κ3) is 2.29. The highest BCUT2D eigenvalue weighted by Gasteiger charge is 2.25. The SMILES string of the molecule is Cc1cc([C@@H]2CC[C@@H](N)c3ccccc32)ccc1Cl. The van der Waals surface area contributed by atoms with Gasteiger partial charge in [-0.2, -0.15) is 0 Å². The van der Waals surface area contributed by atoms with E-state index >= 15 is 0 Å². The first-order valence-electron chi connectivity index (χ1n) is 6.77. The van der Waals surface area contributed by atoms with Crippen LogP contribution < -0.4 is 5.73 Å². The minimum absolute atomic E-state index is 0.181. The van der Waals surface area contributed by atoms with E-state index in [9.17, 15) is 0 Å². The molecule has 0 aliphatic heterocycles. The van der Waals surface area contributed by atoms with Gasteiger partial charge >= 0.3 is 0 Å². The fraction of sp³-hybridized carbons (Fsp3) is 0.294. The van der Waals surface area contributed by atoms with Gasteiger partial charge < -0.3 is 5.73 Å². The van der Waals surface area contributed by atoms with E-state index in [-0.39, 0.29) is 6.04 Å². The molecular weight excluding hydrogens is 254 g/mol. The monoisotopic (exact) mass is 271 g/mol. The molecule has 2 heteroatoms. The predicted octanol–water partition coefficient (Wildman–Crippen LogP) is 4.57. The number of hydrogen-bond acceptors (Lipinski definition) is 1. The third-order valence-electron chi connectivity index (χ3n) is 4.12. The Kier molecular flexibility index (Phi) is 3.34. The van der Waals surface area contributed by atoms with Gasteiger partial charge in [-0.1, -0.05) is 48.0 Å². The minimum Gasteiger partial charge on any atom is -0.324 e. The van der Waals surface area contributed by atoms with Crippen LogP contribution >= 0.6 is 11.6 Å². The van der Waals surface area contributed by atoms with Gasteiger partial charge in [0.05, 0.1) is 0 Å². The van der Waals surface area contributed by atoms with Crippen molar-refractivity contribution >= 4 is 11.6 Å². The Morgan fingerprint density at radius 1 is 1.05 bits per heavy atom. The van der Waals surface area contributed by atoms with Crippen LogP contribution in [-0.2, 0) is 0 Å². The molecule has 0 bridgehead atoms. The number of halogens is 1. The summed E-state index contributed by atoms with van der Waals surface area (Å²) in [7, 11) is 0. The lowest BCUT2D eigenvalue weighted by atomic mass is 9.77. The van der Waals surface area contributed by atoms with Crippen LogP contribution in [0, 0.1) is 6.92 Å². The van der Waals surface area contributed by atoms with Crippen molar-refractivity contribution < 1.29 is 0 Å². The molecule has 0 saturated heterocycles. The van der Waals surface area contributed by atoms with Gasteiger partial charge in [0, 0.05) is 17.0 Å². The summed E-state index contributed by atoms with van der Waals surface area (Å²) in [6.07, 6.45) is 2.16. The lowest BCUT2D eigenvalue weighted by Crippen LogP contribution is -2.21. The largest absolute Gasteiger partial charge is 0.324 e. The minimum atomic E-state index is 0.181. The van der Waals surface area contributed by atoms with E-state index in [4.69, 9.17) is 17.3 Å². The molecule has 2 atom stereocenters. The Morgan fingerprint density at radius 3 is 2.53 bits per heavy atom. The van der Waals surface area contributed by atoms with Crippen molar-refractivity contribution in [2.24, 2.45) is 5.73 Å². The average Bonchev–Trinajstić information content (AvgIpc) is 2.43. The standard InChI is InChI=1S/C17H18ClN/c1-11-10-12(6-8-16(11)18)13-7-9-17(19)15-5-3-2-4-14(13)15/h2-6,8,10,13,17H,7,9,19H2,1H3/t13-,17+/m0/s1. The van der Waals surface area contributed by atoms with Crippen molar-refractivity contribution in [1.82, 2.24) is 0 Å². The maximum atomic E-state index is 6.22. The van der Waals surface area contributed by atoms with Crippen LogP contribution in [0.15, 0.2) is 42.5 Å². The van der Waals surface area contributed by atoms with Crippen LogP contribution in [0.2, 0.25) is 5.02 Å². The highest BCUT2D eigenvalue weighted by Crippen LogP contribution is 2.40. The number of aryl methyl sites for hydroxylation is 1. The van der Waals surface area contributed by atoms with Crippen LogP contribution in [0.25, 0.3) is 0 Å². The first-order valence-corrected chi connectivity index (χ1v) is 7.15. The van der Waals surface area contributed by atoms with Gasteiger partial charge in [-0.05, 0) is 48.1 Å². The number of benzene rings is 2. The summed E-state index contributed by atoms with van der Waals surface area (Å²) in [5.74, 6) is 0.451. The lowest BCUT2D eigenvalue weighted by molar-refractivity contribution is 0.530. The zero-order valence-corrected chi connectivity index (χ0v) is 11.8. The first kappa shape index (κ1) is 12.7. The van der Waals surface area contributed by atoms with Gasteiger partial charge in [-0.25, -0.2) is 0 Å². The lowest BCUT2D eigenvalue weighted by Gasteiger charge is -2.30. The summed E-state index contributed by atoms with van der Waals surface area (Å²) < 4.78 is 0.